The molecular weight excluding hydrogens is 475 g/mol. The number of nitrogens with one attached hydrogen (secondary N) is 1. The number of imidazole rings is 1. The number of hydrogen-bond acceptors (Lipinski definition) is 7. The van der Waals surface area contributed by atoms with E-state index in [1.807, 2.05) is 17.5 Å². The van der Waals surface area contributed by atoms with Crippen LogP contribution in [-0.4, -0.2) is 50.2 Å². The summed E-state index contributed by atoms with van der Waals surface area (Å²) in [6.45, 7) is 2.87. The lowest BCUT2D eigenvalue weighted by molar-refractivity contribution is 0.0691. The molecule has 0 unspecified atom stereocenters. The molecule has 1 saturated carbocycles. The van der Waals surface area contributed by atoms with E-state index in [-0.39, 0.29) is 34.5 Å². The Bertz CT molecular complexity index is 1440. The van der Waals surface area contributed by atoms with Gasteiger partial charge < -0.3 is 16.0 Å². The molecular formula is C23H21FN6O2S2. The van der Waals surface area contributed by atoms with Gasteiger partial charge in [-0.3, -0.25) is 14.0 Å². The predicted octanol–water partition coefficient (Wildman–Crippen LogP) is 3.44. The fourth-order valence-corrected chi connectivity index (χ4v) is 6.72. The first-order valence-electron chi connectivity index (χ1n) is 10.9. The maximum atomic E-state index is 13.8. The Labute approximate surface area is 202 Å². The van der Waals surface area contributed by atoms with Crippen molar-refractivity contribution in [2.45, 2.75) is 19.4 Å². The number of rotatable bonds is 5. The average Bonchev–Trinajstić information content (AvgIpc) is 3.18. The topological polar surface area (TPSA) is 106 Å². The fraction of sp³-hybridized carbons (Fsp3) is 0.304. The molecule has 0 spiro atoms. The van der Waals surface area contributed by atoms with Gasteiger partial charge >= 0.3 is 0 Å². The lowest BCUT2D eigenvalue weighted by Crippen LogP contribution is -2.45. The Balaban J connectivity index is 1.23. The van der Waals surface area contributed by atoms with E-state index in [2.05, 4.69) is 15.3 Å². The van der Waals surface area contributed by atoms with Crippen LogP contribution in [0, 0.1) is 24.6 Å². The van der Waals surface area contributed by atoms with Gasteiger partial charge in [0.05, 0.1) is 10.9 Å². The highest BCUT2D eigenvalue weighted by Crippen LogP contribution is 2.50. The number of amides is 2. The molecule has 3 aromatic heterocycles. The fourth-order valence-electron chi connectivity index (χ4n) is 4.89. The monoisotopic (exact) mass is 496 g/mol. The molecule has 3 atom stereocenters. The molecule has 1 aliphatic carbocycles. The summed E-state index contributed by atoms with van der Waals surface area (Å²) in [6.07, 6.45) is 4.59. The number of carbonyl (C=O) groups excluding carboxylic acids is 2. The number of piperidine rings is 1. The number of likely N-dealkylation sites (tertiary alicyclic amines) is 1. The number of hydrogen-bond donors (Lipinski definition) is 2. The van der Waals surface area contributed by atoms with Gasteiger partial charge in [0, 0.05) is 31.2 Å². The number of benzene rings is 1. The third-order valence-electron chi connectivity index (χ3n) is 6.67. The largest absolute Gasteiger partial charge is 0.375 e. The summed E-state index contributed by atoms with van der Waals surface area (Å²) in [4.78, 5) is 38.8. The third-order valence-corrected chi connectivity index (χ3v) is 8.77. The standard InChI is InChI=1S/C23H21FN6O2S2/c1-11-18(34-23-26-5-6-29(11)23)20(31)27-9-16-15-8-13(15)10-30(16)21(32)17-19(33-22(25)28-17)12-3-2-4-14(24)7-12/h2-7,13,15-16H,8-10H2,1H3,(H2,25,28)(H,27,31)/t13-,15-,16+/m0/s1. The van der Waals surface area contributed by atoms with Crippen LogP contribution in [0.15, 0.2) is 36.7 Å². The molecule has 3 N–H and O–H groups in total. The van der Waals surface area contributed by atoms with E-state index in [0.717, 1.165) is 17.1 Å². The van der Waals surface area contributed by atoms with E-state index in [4.69, 9.17) is 5.73 Å². The van der Waals surface area contributed by atoms with Crippen LogP contribution in [0.4, 0.5) is 9.52 Å². The van der Waals surface area contributed by atoms with E-state index in [1.54, 1.807) is 23.2 Å². The summed E-state index contributed by atoms with van der Waals surface area (Å²) in [5.74, 6) is 0.0142. The lowest BCUT2D eigenvalue weighted by atomic mass is 10.1. The Kier molecular flexibility index (Phi) is 4.92. The predicted molar refractivity (Wildman–Crippen MR) is 128 cm³/mol. The summed E-state index contributed by atoms with van der Waals surface area (Å²) < 4.78 is 15.7. The van der Waals surface area contributed by atoms with Crippen molar-refractivity contribution in [2.24, 2.45) is 11.8 Å². The Hall–Kier alpha value is -3.31. The van der Waals surface area contributed by atoms with Crippen LogP contribution in [-0.2, 0) is 0 Å². The number of aryl methyl sites for hydroxylation is 1. The van der Waals surface area contributed by atoms with Gasteiger partial charge in [0.25, 0.3) is 11.8 Å². The summed E-state index contributed by atoms with van der Waals surface area (Å²) in [5.41, 5.74) is 7.60. The highest BCUT2D eigenvalue weighted by molar-refractivity contribution is 7.19. The summed E-state index contributed by atoms with van der Waals surface area (Å²) >= 11 is 2.52. The normalized spacial score (nSPS) is 21.1. The van der Waals surface area contributed by atoms with Crippen LogP contribution in [0.5, 0.6) is 0 Å². The smallest absolute Gasteiger partial charge is 0.274 e. The van der Waals surface area contributed by atoms with Gasteiger partial charge in [-0.15, -0.1) is 0 Å². The van der Waals surface area contributed by atoms with Crippen LogP contribution < -0.4 is 11.1 Å². The maximum absolute atomic E-state index is 13.8. The highest BCUT2D eigenvalue weighted by atomic mass is 32.1. The summed E-state index contributed by atoms with van der Waals surface area (Å²) in [7, 11) is 0. The molecule has 34 heavy (non-hydrogen) atoms. The quantitative estimate of drug-likeness (QED) is 0.440. The van der Waals surface area contributed by atoms with Gasteiger partial charge in [0.15, 0.2) is 10.1 Å². The molecule has 11 heteroatoms. The molecule has 4 heterocycles. The van der Waals surface area contributed by atoms with Crippen LogP contribution >= 0.6 is 22.7 Å². The van der Waals surface area contributed by atoms with E-state index < -0.39 is 0 Å². The van der Waals surface area contributed by atoms with E-state index in [1.165, 1.54) is 34.8 Å². The molecule has 174 valence electrons. The van der Waals surface area contributed by atoms with Crippen LogP contribution in [0.25, 0.3) is 15.4 Å². The van der Waals surface area contributed by atoms with Gasteiger partial charge in [-0.25, -0.2) is 14.4 Å². The SMILES string of the molecule is Cc1c(C(=O)NC[C@@H]2[C@H]3C[C@H]3CN2C(=O)c2nc(N)sc2-c2cccc(F)c2)sc2nccn12. The van der Waals surface area contributed by atoms with Crippen LogP contribution in [0.2, 0.25) is 0 Å². The first-order valence-corrected chi connectivity index (χ1v) is 12.6. The number of carbonyl (C=O) groups is 2. The minimum atomic E-state index is -0.387. The second-order valence-corrected chi connectivity index (χ2v) is 10.7. The Morgan fingerprint density at radius 3 is 2.97 bits per heavy atom. The number of nitrogens with two attached hydrogens (primary N) is 1. The molecule has 1 aliphatic heterocycles. The zero-order valence-corrected chi connectivity index (χ0v) is 19.8. The number of aromatic nitrogens is 3. The number of anilines is 1. The third kappa shape index (κ3) is 3.46. The van der Waals surface area contributed by atoms with Gasteiger partial charge in [-0.05, 0) is 42.9 Å². The van der Waals surface area contributed by atoms with Gasteiger partial charge in [0.1, 0.15) is 16.4 Å². The molecule has 2 fully saturated rings. The number of nitrogens with zero attached hydrogens (tertiary/aromatic N) is 4. The number of fused-ring (bicyclic) bond motifs is 2. The minimum absolute atomic E-state index is 0.117. The van der Waals surface area contributed by atoms with Gasteiger partial charge in [-0.1, -0.05) is 34.8 Å². The molecule has 4 aromatic rings. The van der Waals surface area contributed by atoms with Crippen molar-refractivity contribution in [3.63, 3.8) is 0 Å². The Morgan fingerprint density at radius 2 is 2.18 bits per heavy atom. The average molecular weight is 497 g/mol. The van der Waals surface area contributed by atoms with Crippen molar-refractivity contribution < 1.29 is 14.0 Å². The second-order valence-electron chi connectivity index (χ2n) is 8.73. The van der Waals surface area contributed by atoms with E-state index in [9.17, 15) is 14.0 Å². The van der Waals surface area contributed by atoms with E-state index in [0.29, 0.717) is 40.2 Å². The molecule has 2 aliphatic rings. The molecule has 2 amide bonds. The minimum Gasteiger partial charge on any atom is -0.375 e. The summed E-state index contributed by atoms with van der Waals surface area (Å²) in [5, 5.41) is 3.29. The van der Waals surface area contributed by atoms with Crippen LogP contribution in [0.3, 0.4) is 0 Å². The van der Waals surface area contributed by atoms with Crippen molar-refractivity contribution in [3.8, 4) is 10.4 Å². The van der Waals surface area contributed by atoms with Crippen molar-refractivity contribution >= 4 is 44.6 Å². The molecule has 1 saturated heterocycles. The van der Waals surface area contributed by atoms with Crippen LogP contribution in [0.1, 0.15) is 32.3 Å². The number of nitrogen functional groups attached to an aromatic ring is 1. The lowest BCUT2D eigenvalue weighted by Gasteiger charge is -2.27. The van der Waals surface area contributed by atoms with E-state index >= 15 is 0 Å². The molecule has 0 radical (unpaired) electrons. The number of thiazole rings is 2. The number of halogens is 1. The van der Waals surface area contributed by atoms with Crippen molar-refractivity contribution in [3.05, 3.63) is 58.7 Å². The highest BCUT2D eigenvalue weighted by Gasteiger charge is 2.54. The molecule has 8 nitrogen and oxygen atoms in total. The van der Waals surface area contributed by atoms with Crippen molar-refractivity contribution in [1.82, 2.24) is 24.6 Å². The van der Waals surface area contributed by atoms with Gasteiger partial charge in [-0.2, -0.15) is 0 Å². The second kappa shape index (κ2) is 7.88. The maximum Gasteiger partial charge on any atom is 0.274 e. The molecule has 0 bridgehead atoms. The first-order chi connectivity index (χ1) is 16.4. The summed E-state index contributed by atoms with van der Waals surface area (Å²) in [6, 6.07) is 5.96. The molecule has 6 rings (SSSR count). The van der Waals surface area contributed by atoms with Crippen molar-refractivity contribution in [1.29, 1.82) is 0 Å². The van der Waals surface area contributed by atoms with Gasteiger partial charge in [0.2, 0.25) is 0 Å². The molecule has 1 aromatic carbocycles. The zero-order valence-electron chi connectivity index (χ0n) is 18.2. The Morgan fingerprint density at radius 1 is 1.32 bits per heavy atom. The first kappa shape index (κ1) is 21.2. The zero-order chi connectivity index (χ0) is 23.6. The van der Waals surface area contributed by atoms with Crippen molar-refractivity contribution in [2.75, 3.05) is 18.8 Å².